The van der Waals surface area contributed by atoms with Crippen molar-refractivity contribution in [2.75, 3.05) is 13.1 Å². The fourth-order valence-electron chi connectivity index (χ4n) is 5.60. The van der Waals surface area contributed by atoms with Crippen molar-refractivity contribution >= 4 is 5.91 Å². The van der Waals surface area contributed by atoms with Crippen LogP contribution in [0.3, 0.4) is 0 Å². The van der Waals surface area contributed by atoms with E-state index in [2.05, 4.69) is 66.1 Å². The van der Waals surface area contributed by atoms with E-state index in [4.69, 9.17) is 9.47 Å². The first-order valence-corrected chi connectivity index (χ1v) is 14.5. The highest BCUT2D eigenvalue weighted by Gasteiger charge is 2.24. The van der Waals surface area contributed by atoms with E-state index in [-0.39, 0.29) is 5.91 Å². The van der Waals surface area contributed by atoms with Crippen LogP contribution in [-0.2, 0) is 37.4 Å². The minimum Gasteiger partial charge on any atom is -0.488 e. The lowest BCUT2D eigenvalue weighted by Crippen LogP contribution is -2.30. The largest absolute Gasteiger partial charge is 0.488 e. The number of ether oxygens (including phenoxy) is 2. The second-order valence-corrected chi connectivity index (χ2v) is 10.7. The zero-order valence-corrected chi connectivity index (χ0v) is 24.3. The van der Waals surface area contributed by atoms with Gasteiger partial charge in [0.25, 0.3) is 0 Å². The molecule has 42 heavy (non-hydrogen) atoms. The summed E-state index contributed by atoms with van der Waals surface area (Å²) >= 11 is 0. The third kappa shape index (κ3) is 6.99. The average molecular weight is 560 g/mol. The molecular formula is C36H37N3O3. The van der Waals surface area contributed by atoms with Crippen molar-refractivity contribution < 1.29 is 14.3 Å². The standard InChI is InChI=1S/C36H37N3O3/c1-25-30(13-7-14-31(25)29-11-4-3-5-12-29)24-42-35-20-36(41-23-28-10-6-9-27(19-28)21-37)34(32-15-8-16-33(32)35)22-38-17-18-39-26(2)40/h3-7,9-14,19-20,38H,8,15-18,22-24H2,1-2H3,(H,39,40). The normalized spacial score (nSPS) is 11.9. The van der Waals surface area contributed by atoms with Crippen LogP contribution in [0, 0.1) is 18.3 Å². The highest BCUT2D eigenvalue weighted by molar-refractivity contribution is 5.72. The molecular weight excluding hydrogens is 522 g/mol. The maximum atomic E-state index is 11.3. The van der Waals surface area contributed by atoms with Gasteiger partial charge in [-0.15, -0.1) is 0 Å². The molecule has 2 N–H and O–H groups in total. The van der Waals surface area contributed by atoms with E-state index in [1.165, 1.54) is 34.7 Å². The van der Waals surface area contributed by atoms with Gasteiger partial charge in [0.2, 0.25) is 5.91 Å². The Kier molecular flexibility index (Phi) is 9.53. The fourth-order valence-corrected chi connectivity index (χ4v) is 5.60. The molecule has 0 heterocycles. The van der Waals surface area contributed by atoms with Gasteiger partial charge in [-0.3, -0.25) is 4.79 Å². The number of carbonyl (C=O) groups is 1. The number of hydrogen-bond donors (Lipinski definition) is 2. The molecule has 0 unspecified atom stereocenters. The maximum absolute atomic E-state index is 11.3. The summed E-state index contributed by atoms with van der Waals surface area (Å²) in [6.45, 7) is 6.36. The molecule has 0 saturated heterocycles. The molecule has 0 aliphatic heterocycles. The van der Waals surface area contributed by atoms with Crippen LogP contribution in [0.15, 0.2) is 78.9 Å². The van der Waals surface area contributed by atoms with Gasteiger partial charge < -0.3 is 20.1 Å². The first-order valence-electron chi connectivity index (χ1n) is 14.5. The highest BCUT2D eigenvalue weighted by atomic mass is 16.5. The molecule has 1 aliphatic rings. The predicted molar refractivity (Wildman–Crippen MR) is 165 cm³/mol. The fraction of sp³-hybridized carbons (Fsp3) is 0.278. The zero-order chi connectivity index (χ0) is 29.3. The summed E-state index contributed by atoms with van der Waals surface area (Å²) in [5, 5.41) is 15.6. The number of hydrogen-bond acceptors (Lipinski definition) is 5. The third-order valence-corrected chi connectivity index (χ3v) is 7.78. The molecule has 0 spiro atoms. The molecule has 6 heteroatoms. The van der Waals surface area contributed by atoms with E-state index in [1.54, 1.807) is 6.07 Å². The molecule has 1 aliphatic carbocycles. The molecule has 0 aromatic heterocycles. The lowest BCUT2D eigenvalue weighted by Gasteiger charge is -2.20. The Morgan fingerprint density at radius 1 is 0.881 bits per heavy atom. The summed E-state index contributed by atoms with van der Waals surface area (Å²) in [6, 6.07) is 28.6. The monoisotopic (exact) mass is 559 g/mol. The van der Waals surface area contributed by atoms with Crippen LogP contribution in [0.2, 0.25) is 0 Å². The summed E-state index contributed by atoms with van der Waals surface area (Å²) < 4.78 is 13.0. The molecule has 214 valence electrons. The summed E-state index contributed by atoms with van der Waals surface area (Å²) in [5.74, 6) is 1.62. The van der Waals surface area contributed by atoms with Gasteiger partial charge in [-0.2, -0.15) is 5.26 Å². The molecule has 0 atom stereocenters. The van der Waals surface area contributed by atoms with Crippen LogP contribution in [0.5, 0.6) is 11.5 Å². The molecule has 0 bridgehead atoms. The Balaban J connectivity index is 1.40. The number of nitrogens with zero attached hydrogens (tertiary/aromatic N) is 1. The number of fused-ring (bicyclic) bond motifs is 1. The number of benzene rings is 4. The number of amides is 1. The lowest BCUT2D eigenvalue weighted by atomic mass is 9.97. The van der Waals surface area contributed by atoms with E-state index in [1.807, 2.05) is 30.3 Å². The Morgan fingerprint density at radius 3 is 2.48 bits per heavy atom. The second-order valence-electron chi connectivity index (χ2n) is 10.7. The van der Waals surface area contributed by atoms with Gasteiger partial charge in [0.15, 0.2) is 0 Å². The first kappa shape index (κ1) is 28.9. The van der Waals surface area contributed by atoms with Gasteiger partial charge in [-0.1, -0.05) is 60.7 Å². The summed E-state index contributed by atoms with van der Waals surface area (Å²) in [7, 11) is 0. The average Bonchev–Trinajstić information content (AvgIpc) is 3.51. The predicted octanol–water partition coefficient (Wildman–Crippen LogP) is 6.41. The van der Waals surface area contributed by atoms with E-state index >= 15 is 0 Å². The maximum Gasteiger partial charge on any atom is 0.216 e. The van der Waals surface area contributed by atoms with Crippen molar-refractivity contribution in [3.8, 4) is 28.7 Å². The van der Waals surface area contributed by atoms with Crippen molar-refractivity contribution in [3.63, 3.8) is 0 Å². The van der Waals surface area contributed by atoms with Crippen LogP contribution < -0.4 is 20.1 Å². The van der Waals surface area contributed by atoms with Crippen LogP contribution in [0.25, 0.3) is 11.1 Å². The highest BCUT2D eigenvalue weighted by Crippen LogP contribution is 2.40. The zero-order valence-electron chi connectivity index (χ0n) is 24.3. The molecule has 0 radical (unpaired) electrons. The Bertz CT molecular complexity index is 1590. The molecule has 0 fully saturated rings. The Labute approximate surface area is 248 Å². The molecule has 0 saturated carbocycles. The van der Waals surface area contributed by atoms with Crippen molar-refractivity contribution in [2.24, 2.45) is 0 Å². The van der Waals surface area contributed by atoms with Crippen LogP contribution in [-0.4, -0.2) is 19.0 Å². The van der Waals surface area contributed by atoms with Crippen molar-refractivity contribution in [1.29, 1.82) is 5.26 Å². The number of nitriles is 1. The van der Waals surface area contributed by atoms with Crippen molar-refractivity contribution in [1.82, 2.24) is 10.6 Å². The minimum absolute atomic E-state index is 0.0349. The first-order chi connectivity index (χ1) is 20.5. The quantitative estimate of drug-likeness (QED) is 0.196. The van der Waals surface area contributed by atoms with Crippen LogP contribution in [0.1, 0.15) is 52.3 Å². The topological polar surface area (TPSA) is 83.4 Å². The minimum atomic E-state index is -0.0349. The smallest absolute Gasteiger partial charge is 0.216 e. The van der Waals surface area contributed by atoms with Gasteiger partial charge in [0, 0.05) is 38.2 Å². The number of carbonyl (C=O) groups excluding carboxylic acids is 1. The van der Waals surface area contributed by atoms with Gasteiger partial charge in [0.1, 0.15) is 24.7 Å². The third-order valence-electron chi connectivity index (χ3n) is 7.78. The van der Waals surface area contributed by atoms with Gasteiger partial charge in [-0.05, 0) is 77.3 Å². The van der Waals surface area contributed by atoms with Crippen molar-refractivity contribution in [2.45, 2.75) is 52.9 Å². The van der Waals surface area contributed by atoms with Crippen molar-refractivity contribution in [3.05, 3.63) is 118 Å². The summed E-state index contributed by atoms with van der Waals surface area (Å²) in [6.07, 6.45) is 3.01. The molecule has 1 amide bonds. The van der Waals surface area contributed by atoms with Crippen LogP contribution in [0.4, 0.5) is 0 Å². The number of nitrogens with one attached hydrogen (secondary N) is 2. The molecule has 4 aromatic carbocycles. The SMILES string of the molecule is CC(=O)NCCNCc1c(OCc2cccc(C#N)c2)cc(OCc2cccc(-c3ccccc3)c2C)c2c1CCC2. The Hall–Kier alpha value is -4.60. The molecule has 6 nitrogen and oxygen atoms in total. The van der Waals surface area contributed by atoms with Gasteiger partial charge in [0.05, 0.1) is 11.6 Å². The van der Waals surface area contributed by atoms with Gasteiger partial charge >= 0.3 is 0 Å². The van der Waals surface area contributed by atoms with Gasteiger partial charge in [-0.25, -0.2) is 0 Å². The van der Waals surface area contributed by atoms with Crippen LogP contribution >= 0.6 is 0 Å². The summed E-state index contributed by atoms with van der Waals surface area (Å²) in [5.41, 5.74) is 10.0. The lowest BCUT2D eigenvalue weighted by molar-refractivity contribution is -0.118. The number of rotatable bonds is 12. The van der Waals surface area contributed by atoms with E-state index < -0.39 is 0 Å². The van der Waals surface area contributed by atoms with E-state index in [0.29, 0.717) is 38.4 Å². The van der Waals surface area contributed by atoms with E-state index in [0.717, 1.165) is 47.5 Å². The molecule has 4 aromatic rings. The van der Waals surface area contributed by atoms with E-state index in [9.17, 15) is 10.1 Å². The second kappa shape index (κ2) is 13.8. The Morgan fingerprint density at radius 2 is 1.67 bits per heavy atom. The summed E-state index contributed by atoms with van der Waals surface area (Å²) in [4.78, 5) is 11.3. The molecule has 5 rings (SSSR count).